The molecule has 8 aromatic carbocycles. The van der Waals surface area contributed by atoms with E-state index in [2.05, 4.69) is 126 Å². The van der Waals surface area contributed by atoms with Gasteiger partial charge in [0, 0.05) is 38.7 Å². The maximum absolute atomic E-state index is 7.10. The summed E-state index contributed by atoms with van der Waals surface area (Å²) in [7, 11) is 0. The Kier molecular flexibility index (Phi) is 6.79. The van der Waals surface area contributed by atoms with Crippen LogP contribution >= 0.6 is 0 Å². The van der Waals surface area contributed by atoms with Gasteiger partial charge in [0.25, 0.3) is 0 Å². The van der Waals surface area contributed by atoms with Crippen molar-refractivity contribution in [2.45, 2.75) is 0 Å². The summed E-state index contributed by atoms with van der Waals surface area (Å²) in [5.41, 5.74) is 8.76. The lowest BCUT2D eigenvalue weighted by Gasteiger charge is -2.10. The van der Waals surface area contributed by atoms with E-state index in [0.717, 1.165) is 66.5 Å². The second kappa shape index (κ2) is 12.1. The van der Waals surface area contributed by atoms with Crippen molar-refractivity contribution in [1.29, 1.82) is 0 Å². The second-order valence-corrected chi connectivity index (χ2v) is 13.6. The van der Waals surface area contributed by atoms with Crippen LogP contribution in [-0.2, 0) is 0 Å². The third kappa shape index (κ3) is 4.83. The van der Waals surface area contributed by atoms with Gasteiger partial charge < -0.3 is 4.42 Å². The molecule has 0 fully saturated rings. The monoisotopic (exact) mass is 690 g/mol. The zero-order valence-corrected chi connectivity index (χ0v) is 29.0. The molecule has 0 bridgehead atoms. The highest BCUT2D eigenvalue weighted by Gasteiger charge is 2.23. The van der Waals surface area contributed by atoms with Gasteiger partial charge in [0.05, 0.1) is 10.9 Å². The molecule has 5 heteroatoms. The van der Waals surface area contributed by atoms with Crippen LogP contribution in [0.2, 0.25) is 0 Å². The SMILES string of the molecule is c1ccc(-c2nc(-c3ccccc3)nc(-c3ccc(-n4c5ccccc5c5c6c(oc54)c(-c4ccc5ccccc5c4)cc4ccccc46)cc3)n2)cc1. The van der Waals surface area contributed by atoms with E-state index in [1.54, 1.807) is 0 Å². The van der Waals surface area contributed by atoms with Crippen LogP contribution in [0.15, 0.2) is 186 Å². The van der Waals surface area contributed by atoms with Crippen LogP contribution in [0.5, 0.6) is 0 Å². The minimum atomic E-state index is 0.618. The van der Waals surface area contributed by atoms with Crippen LogP contribution in [0.3, 0.4) is 0 Å². The highest BCUT2D eigenvalue weighted by Crippen LogP contribution is 2.46. The first-order valence-corrected chi connectivity index (χ1v) is 18.1. The average Bonchev–Trinajstić information content (AvgIpc) is 3.79. The predicted molar refractivity (Wildman–Crippen MR) is 221 cm³/mol. The van der Waals surface area contributed by atoms with E-state index < -0.39 is 0 Å². The van der Waals surface area contributed by atoms with Gasteiger partial charge in [-0.25, -0.2) is 15.0 Å². The number of nitrogens with zero attached hydrogens (tertiary/aromatic N) is 4. The van der Waals surface area contributed by atoms with Crippen molar-refractivity contribution in [2.75, 3.05) is 0 Å². The molecule has 0 amide bonds. The molecule has 0 saturated carbocycles. The summed E-state index contributed by atoms with van der Waals surface area (Å²) in [6.07, 6.45) is 0. The number of aromatic nitrogens is 4. The van der Waals surface area contributed by atoms with Gasteiger partial charge in [-0.05, 0) is 69.6 Å². The molecule has 0 aliphatic carbocycles. The Balaban J connectivity index is 1.11. The molecule has 0 N–H and O–H groups in total. The molecule has 0 saturated heterocycles. The summed E-state index contributed by atoms with van der Waals surface area (Å²) >= 11 is 0. The van der Waals surface area contributed by atoms with Crippen LogP contribution < -0.4 is 0 Å². The fraction of sp³-hybridized carbons (Fsp3) is 0. The maximum Gasteiger partial charge on any atom is 0.213 e. The maximum atomic E-state index is 7.10. The van der Waals surface area contributed by atoms with Gasteiger partial charge in [-0.1, -0.05) is 140 Å². The van der Waals surface area contributed by atoms with Crippen molar-refractivity contribution in [3.63, 3.8) is 0 Å². The van der Waals surface area contributed by atoms with Crippen molar-refractivity contribution in [3.05, 3.63) is 182 Å². The molecule has 3 heterocycles. The van der Waals surface area contributed by atoms with E-state index in [1.165, 1.54) is 21.5 Å². The van der Waals surface area contributed by atoms with Crippen molar-refractivity contribution in [2.24, 2.45) is 0 Å². The van der Waals surface area contributed by atoms with Gasteiger partial charge in [0.2, 0.25) is 5.71 Å². The van der Waals surface area contributed by atoms with Crippen LogP contribution in [0.25, 0.3) is 105 Å². The van der Waals surface area contributed by atoms with Crippen molar-refractivity contribution >= 4 is 54.5 Å². The molecule has 0 unspecified atom stereocenters. The zero-order chi connectivity index (χ0) is 35.6. The Morgan fingerprint density at radius 2 is 0.926 bits per heavy atom. The predicted octanol–water partition coefficient (Wildman–Crippen LogP) is 12.7. The van der Waals surface area contributed by atoms with Gasteiger partial charge in [0.1, 0.15) is 5.58 Å². The second-order valence-electron chi connectivity index (χ2n) is 13.6. The van der Waals surface area contributed by atoms with Gasteiger partial charge in [-0.15, -0.1) is 0 Å². The van der Waals surface area contributed by atoms with E-state index in [9.17, 15) is 0 Å². The molecule has 11 rings (SSSR count). The normalized spacial score (nSPS) is 11.7. The van der Waals surface area contributed by atoms with Crippen LogP contribution in [0.4, 0.5) is 0 Å². The summed E-state index contributed by atoms with van der Waals surface area (Å²) in [6, 6.07) is 63.2. The first-order valence-electron chi connectivity index (χ1n) is 18.1. The largest absolute Gasteiger partial charge is 0.438 e. The number of furan rings is 1. The van der Waals surface area contributed by atoms with E-state index >= 15 is 0 Å². The minimum absolute atomic E-state index is 0.618. The number of hydrogen-bond acceptors (Lipinski definition) is 4. The topological polar surface area (TPSA) is 56.7 Å². The molecule has 0 radical (unpaired) electrons. The summed E-state index contributed by atoms with van der Waals surface area (Å²) in [4.78, 5) is 14.8. The van der Waals surface area contributed by atoms with Crippen LogP contribution in [0, 0.1) is 0 Å². The Morgan fingerprint density at radius 3 is 1.61 bits per heavy atom. The Morgan fingerprint density at radius 1 is 0.389 bits per heavy atom. The third-order valence-electron chi connectivity index (χ3n) is 10.4. The number of rotatable bonds is 5. The van der Waals surface area contributed by atoms with Gasteiger partial charge in [0.15, 0.2) is 17.5 Å². The van der Waals surface area contributed by atoms with Crippen molar-refractivity contribution in [1.82, 2.24) is 19.5 Å². The van der Waals surface area contributed by atoms with Gasteiger partial charge in [-0.3, -0.25) is 4.57 Å². The lowest BCUT2D eigenvalue weighted by molar-refractivity contribution is 0.646. The third-order valence-corrected chi connectivity index (χ3v) is 10.4. The summed E-state index contributed by atoms with van der Waals surface area (Å²) in [6.45, 7) is 0. The standard InChI is InChI=1S/C49H30N4O/c1-3-14-32(15-4-1)46-50-47(33-16-5-2-6-17-33)52-48(51-46)34-25-27-38(28-26-34)53-42-22-12-11-21-40(42)44-43-39-20-10-9-19-36(39)30-41(45(43)54-49(44)53)37-24-23-31-13-7-8-18-35(31)29-37/h1-30H. The van der Waals surface area contributed by atoms with E-state index in [1.807, 2.05) is 60.7 Å². The number of fused-ring (bicyclic) bond motifs is 8. The summed E-state index contributed by atoms with van der Waals surface area (Å²) in [5, 5.41) is 8.16. The number of benzene rings is 8. The molecule has 54 heavy (non-hydrogen) atoms. The molecule has 5 nitrogen and oxygen atoms in total. The molecule has 0 spiro atoms. The first-order chi connectivity index (χ1) is 26.8. The molecule has 0 atom stereocenters. The Bertz CT molecular complexity index is 3140. The molecule has 252 valence electrons. The van der Waals surface area contributed by atoms with E-state index in [0.29, 0.717) is 17.5 Å². The van der Waals surface area contributed by atoms with Crippen molar-refractivity contribution < 1.29 is 4.42 Å². The van der Waals surface area contributed by atoms with E-state index in [-0.39, 0.29) is 0 Å². The molecular weight excluding hydrogens is 661 g/mol. The fourth-order valence-corrected chi connectivity index (χ4v) is 7.86. The highest BCUT2D eigenvalue weighted by molar-refractivity contribution is 6.29. The smallest absolute Gasteiger partial charge is 0.213 e. The number of para-hydroxylation sites is 1. The molecular formula is C49H30N4O. The average molecular weight is 691 g/mol. The lowest BCUT2D eigenvalue weighted by Crippen LogP contribution is -2.00. The molecule has 0 aliphatic heterocycles. The highest BCUT2D eigenvalue weighted by atomic mass is 16.3. The summed E-state index contributed by atoms with van der Waals surface area (Å²) < 4.78 is 9.34. The van der Waals surface area contributed by atoms with E-state index in [4.69, 9.17) is 19.4 Å². The van der Waals surface area contributed by atoms with Crippen LogP contribution in [-0.4, -0.2) is 19.5 Å². The Labute approximate surface area is 310 Å². The summed E-state index contributed by atoms with van der Waals surface area (Å²) in [5.74, 6) is 1.89. The van der Waals surface area contributed by atoms with Crippen molar-refractivity contribution in [3.8, 4) is 51.0 Å². The minimum Gasteiger partial charge on any atom is -0.438 e. The zero-order valence-electron chi connectivity index (χ0n) is 29.0. The van der Waals surface area contributed by atoms with Crippen LogP contribution in [0.1, 0.15) is 0 Å². The lowest BCUT2D eigenvalue weighted by atomic mass is 9.95. The first kappa shape index (κ1) is 30.3. The molecule has 0 aliphatic rings. The van der Waals surface area contributed by atoms with Gasteiger partial charge >= 0.3 is 0 Å². The fourth-order valence-electron chi connectivity index (χ4n) is 7.86. The quantitative estimate of drug-likeness (QED) is 0.180. The van der Waals surface area contributed by atoms with Gasteiger partial charge in [-0.2, -0.15) is 0 Å². The Hall–Kier alpha value is -7.37. The molecule has 3 aromatic heterocycles. The number of hydrogen-bond donors (Lipinski definition) is 0. The molecule has 11 aromatic rings.